The summed E-state index contributed by atoms with van der Waals surface area (Å²) in [7, 11) is 1.68. The molecule has 25 heavy (non-hydrogen) atoms. The number of amides is 2. The zero-order chi connectivity index (χ0) is 18.0. The van der Waals surface area contributed by atoms with E-state index in [9.17, 15) is 9.59 Å². The number of benzene rings is 2. The van der Waals surface area contributed by atoms with Gasteiger partial charge in [-0.15, -0.1) is 0 Å². The lowest BCUT2D eigenvalue weighted by atomic mass is 10.2. The standard InChI is InChI=1S/C18H17ClN2O4/c1-11-18(23)21(2)15-9-13(5-8-16(15)25-11)20-17(22)10-24-14-6-3-12(19)4-7-14/h3-9,11H,10H2,1-2H3,(H,20,22). The Morgan fingerprint density at radius 2 is 2.00 bits per heavy atom. The van der Waals surface area contributed by atoms with E-state index in [2.05, 4.69) is 5.32 Å². The summed E-state index contributed by atoms with van der Waals surface area (Å²) in [6.45, 7) is 1.56. The molecule has 0 aromatic heterocycles. The van der Waals surface area contributed by atoms with Crippen LogP contribution in [0.2, 0.25) is 5.02 Å². The largest absolute Gasteiger partial charge is 0.484 e. The van der Waals surface area contributed by atoms with Crippen molar-refractivity contribution in [1.29, 1.82) is 0 Å². The lowest BCUT2D eigenvalue weighted by Crippen LogP contribution is -2.42. The first-order valence-electron chi connectivity index (χ1n) is 7.70. The molecule has 2 aromatic rings. The van der Waals surface area contributed by atoms with E-state index in [1.54, 1.807) is 56.4 Å². The Balaban J connectivity index is 1.64. The lowest BCUT2D eigenvalue weighted by molar-refractivity contribution is -0.125. The van der Waals surface area contributed by atoms with E-state index in [0.29, 0.717) is 27.9 Å². The van der Waals surface area contributed by atoms with Gasteiger partial charge in [0, 0.05) is 17.8 Å². The van der Waals surface area contributed by atoms with Gasteiger partial charge in [-0.2, -0.15) is 0 Å². The fraction of sp³-hybridized carbons (Fsp3) is 0.222. The minimum absolute atomic E-state index is 0.137. The molecular formula is C18H17ClN2O4. The van der Waals surface area contributed by atoms with Crippen LogP contribution in [0.5, 0.6) is 11.5 Å². The van der Waals surface area contributed by atoms with Crippen LogP contribution in [0.4, 0.5) is 11.4 Å². The first-order chi connectivity index (χ1) is 11.9. The molecule has 7 heteroatoms. The molecule has 6 nitrogen and oxygen atoms in total. The fourth-order valence-electron chi connectivity index (χ4n) is 2.47. The molecular weight excluding hydrogens is 344 g/mol. The van der Waals surface area contributed by atoms with E-state index in [1.165, 1.54) is 4.90 Å². The van der Waals surface area contributed by atoms with Gasteiger partial charge in [0.2, 0.25) is 0 Å². The van der Waals surface area contributed by atoms with Crippen molar-refractivity contribution in [3.05, 3.63) is 47.5 Å². The summed E-state index contributed by atoms with van der Waals surface area (Å²) in [6.07, 6.45) is -0.522. The highest BCUT2D eigenvalue weighted by atomic mass is 35.5. The van der Waals surface area contributed by atoms with Gasteiger partial charge in [0.05, 0.1) is 5.69 Å². The number of nitrogens with one attached hydrogen (secondary N) is 1. The number of hydrogen-bond acceptors (Lipinski definition) is 4. The molecule has 1 heterocycles. The first-order valence-corrected chi connectivity index (χ1v) is 8.08. The molecule has 0 saturated heterocycles. The van der Waals surface area contributed by atoms with Gasteiger partial charge >= 0.3 is 0 Å². The summed E-state index contributed by atoms with van der Waals surface area (Å²) in [5.74, 6) is 0.707. The number of nitrogens with zero attached hydrogens (tertiary/aromatic N) is 1. The number of anilines is 2. The molecule has 1 N–H and O–H groups in total. The molecule has 0 aliphatic carbocycles. The monoisotopic (exact) mass is 360 g/mol. The van der Waals surface area contributed by atoms with Gasteiger partial charge in [0.1, 0.15) is 11.5 Å². The molecule has 3 rings (SSSR count). The second-order valence-corrected chi connectivity index (χ2v) is 6.07. The van der Waals surface area contributed by atoms with E-state index in [-0.39, 0.29) is 18.4 Å². The quantitative estimate of drug-likeness (QED) is 0.909. The SMILES string of the molecule is CC1Oc2ccc(NC(=O)COc3ccc(Cl)cc3)cc2N(C)C1=O. The van der Waals surface area contributed by atoms with Crippen molar-refractivity contribution in [2.45, 2.75) is 13.0 Å². The second kappa shape index (κ2) is 7.03. The summed E-state index contributed by atoms with van der Waals surface area (Å²) in [5.41, 5.74) is 1.17. The predicted octanol–water partition coefficient (Wildman–Crippen LogP) is 3.10. The predicted molar refractivity (Wildman–Crippen MR) is 95.5 cm³/mol. The molecule has 0 spiro atoms. The molecule has 0 saturated carbocycles. The average Bonchev–Trinajstić information content (AvgIpc) is 2.60. The van der Waals surface area contributed by atoms with Crippen LogP contribution < -0.4 is 19.7 Å². The molecule has 1 atom stereocenters. The maximum atomic E-state index is 12.0. The lowest BCUT2D eigenvalue weighted by Gasteiger charge is -2.30. The van der Waals surface area contributed by atoms with Gasteiger partial charge in [-0.3, -0.25) is 9.59 Å². The number of fused-ring (bicyclic) bond motifs is 1. The minimum Gasteiger partial charge on any atom is -0.484 e. The summed E-state index contributed by atoms with van der Waals surface area (Å²) in [6, 6.07) is 11.9. The van der Waals surface area contributed by atoms with E-state index < -0.39 is 6.10 Å². The van der Waals surface area contributed by atoms with Crippen molar-refractivity contribution in [2.75, 3.05) is 23.9 Å². The second-order valence-electron chi connectivity index (χ2n) is 5.63. The number of likely N-dealkylation sites (N-methyl/N-ethyl adjacent to an activating group) is 1. The van der Waals surface area contributed by atoms with Gasteiger partial charge < -0.3 is 19.7 Å². The van der Waals surface area contributed by atoms with Crippen LogP contribution in [0.1, 0.15) is 6.92 Å². The van der Waals surface area contributed by atoms with Crippen molar-refractivity contribution in [3.8, 4) is 11.5 Å². The fourth-order valence-corrected chi connectivity index (χ4v) is 2.59. The third-order valence-corrected chi connectivity index (χ3v) is 4.02. The van der Waals surface area contributed by atoms with Crippen LogP contribution in [0.25, 0.3) is 0 Å². The molecule has 2 aromatic carbocycles. The van der Waals surface area contributed by atoms with Crippen LogP contribution in [0.3, 0.4) is 0 Å². The van der Waals surface area contributed by atoms with Crippen molar-refractivity contribution >= 4 is 34.8 Å². The van der Waals surface area contributed by atoms with E-state index in [1.807, 2.05) is 0 Å². The Bertz CT molecular complexity index is 807. The summed E-state index contributed by atoms with van der Waals surface area (Å²) >= 11 is 5.80. The molecule has 1 aliphatic heterocycles. The highest BCUT2D eigenvalue weighted by Crippen LogP contribution is 2.35. The highest BCUT2D eigenvalue weighted by Gasteiger charge is 2.29. The number of halogens is 1. The van der Waals surface area contributed by atoms with Crippen molar-refractivity contribution in [3.63, 3.8) is 0 Å². The molecule has 2 amide bonds. The number of carbonyl (C=O) groups excluding carboxylic acids is 2. The van der Waals surface area contributed by atoms with Gasteiger partial charge in [-0.1, -0.05) is 11.6 Å². The van der Waals surface area contributed by atoms with Crippen LogP contribution in [-0.4, -0.2) is 31.6 Å². The highest BCUT2D eigenvalue weighted by molar-refractivity contribution is 6.30. The summed E-state index contributed by atoms with van der Waals surface area (Å²) in [5, 5.41) is 3.33. The van der Waals surface area contributed by atoms with Gasteiger partial charge in [-0.05, 0) is 49.4 Å². The Morgan fingerprint density at radius 3 is 2.72 bits per heavy atom. The van der Waals surface area contributed by atoms with Crippen molar-refractivity contribution < 1.29 is 19.1 Å². The number of rotatable bonds is 4. The maximum absolute atomic E-state index is 12.0. The summed E-state index contributed by atoms with van der Waals surface area (Å²) < 4.78 is 10.9. The normalized spacial score (nSPS) is 16.0. The Morgan fingerprint density at radius 1 is 1.28 bits per heavy atom. The number of ether oxygens (including phenoxy) is 2. The van der Waals surface area contributed by atoms with Crippen LogP contribution in [0.15, 0.2) is 42.5 Å². The number of hydrogen-bond donors (Lipinski definition) is 1. The number of carbonyl (C=O) groups is 2. The third-order valence-electron chi connectivity index (χ3n) is 3.77. The molecule has 0 bridgehead atoms. The van der Waals surface area contributed by atoms with E-state index in [0.717, 1.165) is 0 Å². The van der Waals surface area contributed by atoms with Gasteiger partial charge in [0.25, 0.3) is 11.8 Å². The van der Waals surface area contributed by atoms with Gasteiger partial charge in [-0.25, -0.2) is 0 Å². The Labute approximate surface area is 150 Å². The van der Waals surface area contributed by atoms with E-state index >= 15 is 0 Å². The minimum atomic E-state index is -0.522. The average molecular weight is 361 g/mol. The first kappa shape index (κ1) is 17.1. The van der Waals surface area contributed by atoms with Crippen molar-refractivity contribution in [2.24, 2.45) is 0 Å². The molecule has 1 aliphatic rings. The zero-order valence-corrected chi connectivity index (χ0v) is 14.5. The van der Waals surface area contributed by atoms with Crippen LogP contribution >= 0.6 is 11.6 Å². The van der Waals surface area contributed by atoms with Crippen LogP contribution in [0, 0.1) is 0 Å². The Kier molecular flexibility index (Phi) is 4.81. The molecule has 1 unspecified atom stereocenters. The Hall–Kier alpha value is -2.73. The molecule has 130 valence electrons. The third kappa shape index (κ3) is 3.85. The van der Waals surface area contributed by atoms with Gasteiger partial charge in [0.15, 0.2) is 12.7 Å². The van der Waals surface area contributed by atoms with Crippen LogP contribution in [-0.2, 0) is 9.59 Å². The van der Waals surface area contributed by atoms with Crippen molar-refractivity contribution in [1.82, 2.24) is 0 Å². The van der Waals surface area contributed by atoms with E-state index in [4.69, 9.17) is 21.1 Å². The molecule has 0 radical (unpaired) electrons. The molecule has 0 fully saturated rings. The smallest absolute Gasteiger partial charge is 0.267 e. The topological polar surface area (TPSA) is 67.9 Å². The summed E-state index contributed by atoms with van der Waals surface area (Å²) in [4.78, 5) is 25.6. The zero-order valence-electron chi connectivity index (χ0n) is 13.8. The maximum Gasteiger partial charge on any atom is 0.267 e.